The second-order valence-electron chi connectivity index (χ2n) is 5.73. The lowest BCUT2D eigenvalue weighted by Crippen LogP contribution is -2.02. The third kappa shape index (κ3) is 4.11. The Labute approximate surface area is 170 Å². The highest BCUT2D eigenvalue weighted by Crippen LogP contribution is 2.41. The number of aromatic nitrogens is 5. The van der Waals surface area contributed by atoms with Crippen molar-refractivity contribution < 1.29 is 19.1 Å². The number of benzene rings is 1. The van der Waals surface area contributed by atoms with Gasteiger partial charge in [-0.15, -0.1) is 10.2 Å². The fraction of sp³-hybridized carbons (Fsp3) is 0.353. The fourth-order valence-corrected chi connectivity index (χ4v) is 3.60. The van der Waals surface area contributed by atoms with Crippen LogP contribution in [0, 0.1) is 10.1 Å². The minimum atomic E-state index is -0.481. The van der Waals surface area contributed by atoms with Crippen LogP contribution in [-0.4, -0.2) is 50.8 Å². The first-order chi connectivity index (χ1) is 14.0. The molecule has 0 amide bonds. The van der Waals surface area contributed by atoms with Crippen molar-refractivity contribution in [2.45, 2.75) is 24.5 Å². The molecule has 0 aliphatic heterocycles. The number of methoxy groups -OCH3 is 3. The van der Waals surface area contributed by atoms with E-state index in [0.717, 1.165) is 5.56 Å². The second kappa shape index (κ2) is 8.82. The van der Waals surface area contributed by atoms with Gasteiger partial charge in [0.05, 0.1) is 32.1 Å². The first-order valence-electron chi connectivity index (χ1n) is 8.55. The van der Waals surface area contributed by atoms with Crippen LogP contribution in [0.4, 0.5) is 5.69 Å². The molecule has 2 heterocycles. The number of hydrogen-bond acceptors (Lipinski definition) is 9. The van der Waals surface area contributed by atoms with Gasteiger partial charge in [0, 0.05) is 12.1 Å². The molecule has 3 aromatic rings. The van der Waals surface area contributed by atoms with Gasteiger partial charge in [-0.05, 0) is 19.1 Å². The quantitative estimate of drug-likeness (QED) is 0.292. The van der Waals surface area contributed by atoms with E-state index >= 15 is 0 Å². The average Bonchev–Trinajstić information content (AvgIpc) is 3.37. The Morgan fingerprint density at radius 2 is 1.83 bits per heavy atom. The van der Waals surface area contributed by atoms with E-state index in [4.69, 9.17) is 14.2 Å². The summed E-state index contributed by atoms with van der Waals surface area (Å²) in [6, 6.07) is 3.62. The van der Waals surface area contributed by atoms with Crippen molar-refractivity contribution in [3.63, 3.8) is 0 Å². The predicted molar refractivity (Wildman–Crippen MR) is 106 cm³/mol. The van der Waals surface area contributed by atoms with Crippen LogP contribution in [0.2, 0.25) is 0 Å². The zero-order valence-corrected chi connectivity index (χ0v) is 17.2. The maximum absolute atomic E-state index is 10.8. The highest BCUT2D eigenvalue weighted by molar-refractivity contribution is 7.98. The molecule has 3 rings (SSSR count). The molecule has 0 fully saturated rings. The number of hydrogen-bond donors (Lipinski definition) is 0. The molecular formula is C17H20N6O5S. The zero-order valence-electron chi connectivity index (χ0n) is 16.4. The van der Waals surface area contributed by atoms with Crippen LogP contribution in [0.5, 0.6) is 17.2 Å². The third-order valence-electron chi connectivity index (χ3n) is 4.11. The largest absolute Gasteiger partial charge is 0.493 e. The summed E-state index contributed by atoms with van der Waals surface area (Å²) in [5.41, 5.74) is 0.705. The van der Waals surface area contributed by atoms with Gasteiger partial charge >= 0.3 is 5.69 Å². The van der Waals surface area contributed by atoms with Gasteiger partial charge in [0.1, 0.15) is 12.4 Å². The normalized spacial score (nSPS) is 10.8. The molecule has 0 bridgehead atoms. The minimum absolute atomic E-state index is 0.0549. The summed E-state index contributed by atoms with van der Waals surface area (Å²) in [5.74, 6) is 2.54. The van der Waals surface area contributed by atoms with Gasteiger partial charge in [0.15, 0.2) is 22.5 Å². The maximum atomic E-state index is 10.8. The summed E-state index contributed by atoms with van der Waals surface area (Å²) in [5, 5.41) is 24.0. The summed E-state index contributed by atoms with van der Waals surface area (Å²) in [6.07, 6.45) is 2.59. The minimum Gasteiger partial charge on any atom is -0.493 e. The molecule has 0 radical (unpaired) electrons. The molecule has 11 nitrogen and oxygen atoms in total. The summed E-state index contributed by atoms with van der Waals surface area (Å²) in [7, 11) is 4.65. The smallest absolute Gasteiger partial charge is 0.307 e. The SMILES string of the molecule is CCn1c(SCn2cc([N+](=O)[O-])cn2)nnc1-c1cc(OC)c(OC)c(OC)c1. The Kier molecular flexibility index (Phi) is 6.22. The summed E-state index contributed by atoms with van der Waals surface area (Å²) in [6.45, 7) is 2.61. The predicted octanol–water partition coefficient (Wildman–Crippen LogP) is 2.85. The van der Waals surface area contributed by atoms with E-state index in [0.29, 0.717) is 40.7 Å². The van der Waals surface area contributed by atoms with Crippen molar-refractivity contribution in [3.8, 4) is 28.6 Å². The van der Waals surface area contributed by atoms with Crippen LogP contribution in [0.3, 0.4) is 0 Å². The average molecular weight is 420 g/mol. The van der Waals surface area contributed by atoms with Gasteiger partial charge in [-0.3, -0.25) is 14.8 Å². The van der Waals surface area contributed by atoms with Gasteiger partial charge < -0.3 is 18.8 Å². The molecule has 1 aromatic carbocycles. The van der Waals surface area contributed by atoms with E-state index in [1.54, 1.807) is 21.3 Å². The molecule has 29 heavy (non-hydrogen) atoms. The van der Waals surface area contributed by atoms with E-state index in [1.807, 2.05) is 23.6 Å². The summed E-state index contributed by atoms with van der Waals surface area (Å²) >= 11 is 1.37. The number of nitro groups is 1. The van der Waals surface area contributed by atoms with Crippen molar-refractivity contribution in [2.24, 2.45) is 0 Å². The molecule has 0 N–H and O–H groups in total. The first kappa shape index (κ1) is 20.5. The second-order valence-corrected chi connectivity index (χ2v) is 6.65. The van der Waals surface area contributed by atoms with Crippen LogP contribution in [-0.2, 0) is 12.4 Å². The number of rotatable bonds is 9. The maximum Gasteiger partial charge on any atom is 0.307 e. The van der Waals surface area contributed by atoms with Crippen molar-refractivity contribution in [1.29, 1.82) is 0 Å². The van der Waals surface area contributed by atoms with Crippen molar-refractivity contribution in [2.75, 3.05) is 21.3 Å². The molecule has 154 valence electrons. The van der Waals surface area contributed by atoms with E-state index in [1.165, 1.54) is 28.8 Å². The molecule has 0 saturated heterocycles. The van der Waals surface area contributed by atoms with Gasteiger partial charge in [0.25, 0.3) is 0 Å². The number of thioether (sulfide) groups is 1. The summed E-state index contributed by atoms with van der Waals surface area (Å²) < 4.78 is 19.6. The lowest BCUT2D eigenvalue weighted by atomic mass is 10.1. The van der Waals surface area contributed by atoms with Gasteiger partial charge in [0.2, 0.25) is 5.75 Å². The Morgan fingerprint density at radius 3 is 2.34 bits per heavy atom. The lowest BCUT2D eigenvalue weighted by Gasteiger charge is -2.14. The van der Waals surface area contributed by atoms with Crippen LogP contribution in [0.1, 0.15) is 6.92 Å². The van der Waals surface area contributed by atoms with Gasteiger partial charge in [-0.1, -0.05) is 11.8 Å². The van der Waals surface area contributed by atoms with Crippen LogP contribution in [0.15, 0.2) is 29.7 Å². The van der Waals surface area contributed by atoms with E-state index in [2.05, 4.69) is 15.3 Å². The fourth-order valence-electron chi connectivity index (χ4n) is 2.75. The Hall–Kier alpha value is -3.28. The van der Waals surface area contributed by atoms with E-state index in [-0.39, 0.29) is 5.69 Å². The van der Waals surface area contributed by atoms with Crippen LogP contribution >= 0.6 is 11.8 Å². The highest BCUT2D eigenvalue weighted by atomic mass is 32.2. The molecule has 0 saturated carbocycles. The van der Waals surface area contributed by atoms with Gasteiger partial charge in [-0.25, -0.2) is 0 Å². The molecule has 0 unspecified atom stereocenters. The molecule has 12 heteroatoms. The molecular weight excluding hydrogens is 400 g/mol. The molecule has 0 atom stereocenters. The van der Waals surface area contributed by atoms with Crippen LogP contribution in [0.25, 0.3) is 11.4 Å². The van der Waals surface area contributed by atoms with Crippen molar-refractivity contribution >= 4 is 17.4 Å². The molecule has 2 aromatic heterocycles. The Bertz CT molecular complexity index is 993. The summed E-state index contributed by atoms with van der Waals surface area (Å²) in [4.78, 5) is 10.3. The highest BCUT2D eigenvalue weighted by Gasteiger charge is 2.19. The van der Waals surface area contributed by atoms with Gasteiger partial charge in [-0.2, -0.15) is 5.10 Å². The Morgan fingerprint density at radius 1 is 1.14 bits per heavy atom. The molecule has 0 aliphatic rings. The standard InChI is InChI=1S/C17H20N6O5S/c1-5-22-16(11-6-13(26-2)15(28-4)14(7-11)27-3)19-20-17(22)29-10-21-9-12(8-18-21)23(24)25/h6-9H,5,10H2,1-4H3. The Balaban J connectivity index is 1.90. The lowest BCUT2D eigenvalue weighted by molar-refractivity contribution is -0.385. The first-order valence-corrected chi connectivity index (χ1v) is 9.54. The number of ether oxygens (including phenoxy) is 3. The van der Waals surface area contributed by atoms with E-state index < -0.39 is 4.92 Å². The van der Waals surface area contributed by atoms with Crippen LogP contribution < -0.4 is 14.2 Å². The van der Waals surface area contributed by atoms with E-state index in [9.17, 15) is 10.1 Å². The molecule has 0 spiro atoms. The van der Waals surface area contributed by atoms with Crippen molar-refractivity contribution in [1.82, 2.24) is 24.5 Å². The molecule has 0 aliphatic carbocycles. The van der Waals surface area contributed by atoms with Crippen molar-refractivity contribution in [3.05, 3.63) is 34.6 Å². The third-order valence-corrected chi connectivity index (χ3v) is 5.07. The topological polar surface area (TPSA) is 119 Å². The number of nitrogens with zero attached hydrogens (tertiary/aromatic N) is 6. The monoisotopic (exact) mass is 420 g/mol. The zero-order chi connectivity index (χ0) is 21.0.